The van der Waals surface area contributed by atoms with Gasteiger partial charge in [0.1, 0.15) is 11.6 Å². The second kappa shape index (κ2) is 6.27. The van der Waals surface area contributed by atoms with Gasteiger partial charge in [0, 0.05) is 44.9 Å². The summed E-state index contributed by atoms with van der Waals surface area (Å²) in [7, 11) is 3.81. The highest BCUT2D eigenvalue weighted by Crippen LogP contribution is 2.32. The molecule has 6 heteroatoms. The van der Waals surface area contributed by atoms with Crippen LogP contribution in [0.5, 0.6) is 5.75 Å². The molecule has 22 heavy (non-hydrogen) atoms. The number of hydrogen-bond donors (Lipinski definition) is 1. The average Bonchev–Trinajstić information content (AvgIpc) is 2.53. The van der Waals surface area contributed by atoms with Gasteiger partial charge in [-0.15, -0.1) is 0 Å². The topological polar surface area (TPSA) is 50.3 Å². The maximum Gasteiger partial charge on any atom is 0.225 e. The smallest absolute Gasteiger partial charge is 0.225 e. The minimum Gasteiger partial charge on any atom is -0.493 e. The second-order valence-corrected chi connectivity index (χ2v) is 5.50. The number of ether oxygens (including phenoxy) is 1. The fourth-order valence-corrected chi connectivity index (χ4v) is 2.50. The molecule has 0 unspecified atom stereocenters. The molecule has 2 heterocycles. The lowest BCUT2D eigenvalue weighted by Crippen LogP contribution is -2.27. The van der Waals surface area contributed by atoms with E-state index in [0.29, 0.717) is 19.1 Å². The van der Waals surface area contributed by atoms with Crippen LogP contribution in [0.3, 0.4) is 0 Å². The Morgan fingerprint density at radius 1 is 1.36 bits per heavy atom. The molecule has 0 bridgehead atoms. The van der Waals surface area contributed by atoms with Gasteiger partial charge in [-0.1, -0.05) is 0 Å². The van der Waals surface area contributed by atoms with Gasteiger partial charge >= 0.3 is 0 Å². The zero-order chi connectivity index (χ0) is 15.5. The fourth-order valence-electron chi connectivity index (χ4n) is 2.50. The summed E-state index contributed by atoms with van der Waals surface area (Å²) in [4.78, 5) is 10.5. The van der Waals surface area contributed by atoms with Gasteiger partial charge in [-0.3, -0.25) is 0 Å². The van der Waals surface area contributed by atoms with Crippen molar-refractivity contribution >= 4 is 5.95 Å². The summed E-state index contributed by atoms with van der Waals surface area (Å²) in [5, 5.41) is 3.43. The Hall–Kier alpha value is -2.21. The van der Waals surface area contributed by atoms with Crippen LogP contribution in [-0.2, 0) is 6.54 Å². The largest absolute Gasteiger partial charge is 0.493 e. The number of fused-ring (bicyclic) bond motifs is 1. The minimum absolute atomic E-state index is 0.0669. The van der Waals surface area contributed by atoms with Crippen molar-refractivity contribution in [2.75, 3.05) is 25.6 Å². The Kier molecular flexibility index (Phi) is 4.20. The van der Waals surface area contributed by atoms with Crippen molar-refractivity contribution in [2.45, 2.75) is 19.0 Å². The number of rotatable bonds is 4. The lowest BCUT2D eigenvalue weighted by molar-refractivity contribution is 0.251. The van der Waals surface area contributed by atoms with E-state index in [-0.39, 0.29) is 11.9 Å². The van der Waals surface area contributed by atoms with Crippen molar-refractivity contribution in [3.8, 4) is 5.75 Å². The maximum absolute atomic E-state index is 13.5. The molecule has 116 valence electrons. The lowest BCUT2D eigenvalue weighted by atomic mass is 10.0. The Balaban J connectivity index is 1.73. The maximum atomic E-state index is 13.5. The number of aromatic nitrogens is 2. The van der Waals surface area contributed by atoms with Gasteiger partial charge < -0.3 is 15.0 Å². The standard InChI is InChI=1S/C16H19FN4O/c1-21(2)16-18-7-5-12(20-16)10-19-14-6-8-22-15-4-3-11(17)9-13(14)15/h3-5,7,9,14,19H,6,8,10H2,1-2H3/t14-/m1/s1. The first-order chi connectivity index (χ1) is 10.6. The predicted molar refractivity (Wildman–Crippen MR) is 82.5 cm³/mol. The van der Waals surface area contributed by atoms with Crippen LogP contribution in [0.15, 0.2) is 30.5 Å². The molecule has 0 saturated heterocycles. The van der Waals surface area contributed by atoms with E-state index >= 15 is 0 Å². The molecule has 1 aliphatic rings. The molecule has 1 aromatic carbocycles. The molecule has 0 spiro atoms. The van der Waals surface area contributed by atoms with Crippen molar-refractivity contribution in [1.82, 2.24) is 15.3 Å². The molecule has 0 amide bonds. The highest BCUT2D eigenvalue weighted by molar-refractivity contribution is 5.38. The van der Waals surface area contributed by atoms with Crippen molar-refractivity contribution in [3.05, 3.63) is 47.5 Å². The zero-order valence-corrected chi connectivity index (χ0v) is 12.7. The summed E-state index contributed by atoms with van der Waals surface area (Å²) in [6.07, 6.45) is 2.55. The summed E-state index contributed by atoms with van der Waals surface area (Å²) in [5.74, 6) is 1.19. The van der Waals surface area contributed by atoms with Crippen LogP contribution in [0.4, 0.5) is 10.3 Å². The van der Waals surface area contributed by atoms with E-state index in [0.717, 1.165) is 23.4 Å². The summed E-state index contributed by atoms with van der Waals surface area (Å²) in [6.45, 7) is 1.23. The van der Waals surface area contributed by atoms with E-state index in [4.69, 9.17) is 4.74 Å². The molecule has 1 aliphatic heterocycles. The van der Waals surface area contributed by atoms with E-state index in [1.54, 1.807) is 12.3 Å². The van der Waals surface area contributed by atoms with Gasteiger partial charge in [-0.2, -0.15) is 0 Å². The van der Waals surface area contributed by atoms with Crippen molar-refractivity contribution in [3.63, 3.8) is 0 Å². The van der Waals surface area contributed by atoms with Crippen LogP contribution in [0.1, 0.15) is 23.7 Å². The number of nitrogens with one attached hydrogen (secondary N) is 1. The lowest BCUT2D eigenvalue weighted by Gasteiger charge is -2.26. The highest BCUT2D eigenvalue weighted by atomic mass is 19.1. The number of hydrogen-bond acceptors (Lipinski definition) is 5. The highest BCUT2D eigenvalue weighted by Gasteiger charge is 2.21. The predicted octanol–water partition coefficient (Wildman–Crippen LogP) is 2.30. The zero-order valence-electron chi connectivity index (χ0n) is 12.7. The van der Waals surface area contributed by atoms with Crippen LogP contribution in [0.25, 0.3) is 0 Å². The van der Waals surface area contributed by atoms with Gasteiger partial charge in [0.05, 0.1) is 12.3 Å². The molecule has 0 fully saturated rings. The molecule has 0 saturated carbocycles. The van der Waals surface area contributed by atoms with Crippen molar-refractivity contribution < 1.29 is 9.13 Å². The number of halogens is 1. The van der Waals surface area contributed by atoms with Gasteiger partial charge in [0.25, 0.3) is 0 Å². The molecule has 5 nitrogen and oxygen atoms in total. The van der Waals surface area contributed by atoms with Crippen molar-refractivity contribution in [2.24, 2.45) is 0 Å². The molecular formula is C16H19FN4O. The van der Waals surface area contributed by atoms with Gasteiger partial charge in [0.15, 0.2) is 0 Å². The van der Waals surface area contributed by atoms with Gasteiger partial charge in [-0.05, 0) is 24.3 Å². The van der Waals surface area contributed by atoms with E-state index in [9.17, 15) is 4.39 Å². The van der Waals surface area contributed by atoms with Crippen LogP contribution in [0.2, 0.25) is 0 Å². The molecule has 0 radical (unpaired) electrons. The first-order valence-corrected chi connectivity index (χ1v) is 7.28. The van der Waals surface area contributed by atoms with E-state index in [2.05, 4.69) is 15.3 Å². The molecule has 1 aromatic heterocycles. The van der Waals surface area contributed by atoms with Crippen LogP contribution < -0.4 is 15.0 Å². The molecule has 3 rings (SSSR count). The van der Waals surface area contributed by atoms with Crippen LogP contribution >= 0.6 is 0 Å². The summed E-state index contributed by atoms with van der Waals surface area (Å²) in [5.41, 5.74) is 1.77. The Bertz CT molecular complexity index is 662. The number of benzene rings is 1. The SMILES string of the molecule is CN(C)c1nccc(CN[C@@H]2CCOc3ccc(F)cc32)n1. The molecule has 0 aliphatic carbocycles. The van der Waals surface area contributed by atoms with Gasteiger partial charge in [-0.25, -0.2) is 14.4 Å². The third-order valence-electron chi connectivity index (χ3n) is 3.64. The van der Waals surface area contributed by atoms with Gasteiger partial charge in [0.2, 0.25) is 5.95 Å². The third-order valence-corrected chi connectivity index (χ3v) is 3.64. The molecule has 2 aromatic rings. The van der Waals surface area contributed by atoms with E-state index in [1.165, 1.54) is 12.1 Å². The van der Waals surface area contributed by atoms with E-state index in [1.807, 2.05) is 25.1 Å². The number of nitrogens with zero attached hydrogens (tertiary/aromatic N) is 3. The minimum atomic E-state index is -0.243. The Labute approximate surface area is 129 Å². The average molecular weight is 302 g/mol. The number of anilines is 1. The fraction of sp³-hybridized carbons (Fsp3) is 0.375. The van der Waals surface area contributed by atoms with Crippen LogP contribution in [0, 0.1) is 5.82 Å². The summed E-state index contributed by atoms with van der Waals surface area (Å²) >= 11 is 0. The first kappa shape index (κ1) is 14.7. The summed E-state index contributed by atoms with van der Waals surface area (Å²) < 4.78 is 19.0. The van der Waals surface area contributed by atoms with Crippen LogP contribution in [-0.4, -0.2) is 30.7 Å². The quantitative estimate of drug-likeness (QED) is 0.939. The summed E-state index contributed by atoms with van der Waals surface area (Å²) in [6, 6.07) is 6.60. The Morgan fingerprint density at radius 3 is 3.05 bits per heavy atom. The van der Waals surface area contributed by atoms with Crippen molar-refractivity contribution in [1.29, 1.82) is 0 Å². The molecule has 1 N–H and O–H groups in total. The monoisotopic (exact) mass is 302 g/mol. The normalized spacial score (nSPS) is 16.8. The Morgan fingerprint density at radius 2 is 2.23 bits per heavy atom. The first-order valence-electron chi connectivity index (χ1n) is 7.28. The second-order valence-electron chi connectivity index (χ2n) is 5.50. The molecular weight excluding hydrogens is 283 g/mol. The molecule has 1 atom stereocenters. The van der Waals surface area contributed by atoms with E-state index < -0.39 is 0 Å². The third kappa shape index (κ3) is 3.17.